The third kappa shape index (κ3) is 8.05. The molecule has 2 aromatic heterocycles. The summed E-state index contributed by atoms with van der Waals surface area (Å²) in [7, 11) is 0. The molecule has 2 fully saturated rings. The summed E-state index contributed by atoms with van der Waals surface area (Å²) in [5.74, 6) is 1.83. The first kappa shape index (κ1) is 28.1. The Bertz CT molecular complexity index is 1180. The second-order valence-corrected chi connectivity index (χ2v) is 10.9. The van der Waals surface area contributed by atoms with Gasteiger partial charge in [-0.15, -0.1) is 0 Å². The standard InChI is InChI=1S/C31H43N7O2/c1-24-21-29(37-16-18-38(19-17-37)30(39)28-9-5-20-40-28)36-31(35-24)34-23-26-12-10-25(11-13-26)22-32-14-6-15-33-27-7-3-2-4-8-27/h5,9-13,20-21,27,32-33H,2-4,6-8,14-19,22-23H2,1H3,(H,34,35,36). The molecule has 1 aliphatic carbocycles. The second-order valence-electron chi connectivity index (χ2n) is 10.9. The van der Waals surface area contributed by atoms with E-state index in [2.05, 4.69) is 50.1 Å². The molecular weight excluding hydrogens is 502 g/mol. The molecule has 0 unspecified atom stereocenters. The van der Waals surface area contributed by atoms with Crippen molar-refractivity contribution in [3.8, 4) is 0 Å². The molecule has 9 nitrogen and oxygen atoms in total. The molecule has 1 aliphatic heterocycles. The molecule has 0 atom stereocenters. The largest absolute Gasteiger partial charge is 0.459 e. The Hall–Kier alpha value is -3.43. The lowest BCUT2D eigenvalue weighted by Crippen LogP contribution is -2.49. The van der Waals surface area contributed by atoms with Crippen LogP contribution in [0.1, 0.15) is 65.9 Å². The van der Waals surface area contributed by atoms with Crippen molar-refractivity contribution in [3.63, 3.8) is 0 Å². The summed E-state index contributed by atoms with van der Waals surface area (Å²) in [6, 6.07) is 14.9. The number of carbonyl (C=O) groups excluding carboxylic acids is 1. The van der Waals surface area contributed by atoms with Crippen molar-refractivity contribution in [2.75, 3.05) is 49.5 Å². The number of carbonyl (C=O) groups is 1. The highest BCUT2D eigenvalue weighted by Gasteiger charge is 2.24. The highest BCUT2D eigenvalue weighted by Crippen LogP contribution is 2.19. The number of aromatic nitrogens is 2. The SMILES string of the molecule is Cc1cc(N2CCN(C(=O)c3ccco3)CC2)nc(NCc2ccc(CNCCCNC3CCCCC3)cc2)n1. The van der Waals surface area contributed by atoms with Gasteiger partial charge >= 0.3 is 0 Å². The van der Waals surface area contributed by atoms with Crippen LogP contribution in [0.2, 0.25) is 0 Å². The van der Waals surface area contributed by atoms with Crippen LogP contribution in [0.25, 0.3) is 0 Å². The van der Waals surface area contributed by atoms with E-state index < -0.39 is 0 Å². The van der Waals surface area contributed by atoms with E-state index >= 15 is 0 Å². The number of anilines is 2. The molecule has 214 valence electrons. The monoisotopic (exact) mass is 545 g/mol. The van der Waals surface area contributed by atoms with E-state index in [1.807, 2.05) is 17.9 Å². The smallest absolute Gasteiger partial charge is 0.289 e. The van der Waals surface area contributed by atoms with Gasteiger partial charge in [-0.3, -0.25) is 4.79 Å². The third-order valence-corrected chi connectivity index (χ3v) is 7.83. The van der Waals surface area contributed by atoms with Gasteiger partial charge in [-0.2, -0.15) is 4.98 Å². The van der Waals surface area contributed by atoms with Gasteiger partial charge in [0, 0.05) is 57.1 Å². The third-order valence-electron chi connectivity index (χ3n) is 7.83. The van der Waals surface area contributed by atoms with Gasteiger partial charge < -0.3 is 30.2 Å². The number of hydrogen-bond donors (Lipinski definition) is 3. The molecule has 1 amide bonds. The van der Waals surface area contributed by atoms with Gasteiger partial charge in [0.15, 0.2) is 5.76 Å². The number of rotatable bonds is 12. The molecule has 2 aliphatic rings. The van der Waals surface area contributed by atoms with Gasteiger partial charge in [0.25, 0.3) is 5.91 Å². The number of piperazine rings is 1. The van der Waals surface area contributed by atoms with Crippen molar-refractivity contribution < 1.29 is 9.21 Å². The highest BCUT2D eigenvalue weighted by atomic mass is 16.3. The summed E-state index contributed by atoms with van der Waals surface area (Å²) < 4.78 is 5.27. The van der Waals surface area contributed by atoms with Crippen molar-refractivity contribution in [3.05, 3.63) is 71.3 Å². The van der Waals surface area contributed by atoms with E-state index in [1.54, 1.807) is 12.1 Å². The Kier molecular flexibility index (Phi) is 10.0. The molecule has 0 radical (unpaired) electrons. The number of aryl methyl sites for hydroxylation is 1. The molecule has 40 heavy (non-hydrogen) atoms. The van der Waals surface area contributed by atoms with Crippen molar-refractivity contribution in [1.82, 2.24) is 25.5 Å². The first-order valence-electron chi connectivity index (χ1n) is 14.8. The van der Waals surface area contributed by atoms with E-state index in [0.29, 0.717) is 31.3 Å². The quantitative estimate of drug-likeness (QED) is 0.289. The lowest BCUT2D eigenvalue weighted by molar-refractivity contribution is 0.0714. The number of amides is 1. The van der Waals surface area contributed by atoms with Crippen molar-refractivity contribution in [2.24, 2.45) is 0 Å². The minimum atomic E-state index is -0.0603. The number of hydrogen-bond acceptors (Lipinski definition) is 8. The van der Waals surface area contributed by atoms with Gasteiger partial charge in [-0.1, -0.05) is 43.5 Å². The van der Waals surface area contributed by atoms with Gasteiger partial charge in [-0.05, 0) is 62.5 Å². The maximum atomic E-state index is 12.6. The van der Waals surface area contributed by atoms with Crippen molar-refractivity contribution >= 4 is 17.7 Å². The van der Waals surface area contributed by atoms with Crippen LogP contribution in [-0.4, -0.2) is 66.1 Å². The van der Waals surface area contributed by atoms with Crippen LogP contribution < -0.4 is 20.9 Å². The fraction of sp³-hybridized carbons (Fsp3) is 0.516. The van der Waals surface area contributed by atoms with Crippen LogP contribution in [0.4, 0.5) is 11.8 Å². The van der Waals surface area contributed by atoms with Gasteiger partial charge in [0.05, 0.1) is 6.26 Å². The van der Waals surface area contributed by atoms with Crippen molar-refractivity contribution in [2.45, 2.75) is 64.6 Å². The summed E-state index contributed by atoms with van der Waals surface area (Å²) in [5.41, 5.74) is 3.40. The predicted molar refractivity (Wildman–Crippen MR) is 159 cm³/mol. The van der Waals surface area contributed by atoms with E-state index in [9.17, 15) is 4.79 Å². The Balaban J connectivity index is 1.03. The minimum absolute atomic E-state index is 0.0603. The maximum absolute atomic E-state index is 12.6. The maximum Gasteiger partial charge on any atom is 0.289 e. The first-order valence-corrected chi connectivity index (χ1v) is 14.8. The summed E-state index contributed by atoms with van der Waals surface area (Å²) in [6.07, 6.45) is 9.57. The van der Waals surface area contributed by atoms with Crippen molar-refractivity contribution in [1.29, 1.82) is 0 Å². The van der Waals surface area contributed by atoms with Crippen LogP contribution in [0.15, 0.2) is 53.1 Å². The lowest BCUT2D eigenvalue weighted by Gasteiger charge is -2.35. The van der Waals surface area contributed by atoms with E-state index in [4.69, 9.17) is 9.40 Å². The summed E-state index contributed by atoms with van der Waals surface area (Å²) in [5, 5.41) is 10.7. The van der Waals surface area contributed by atoms with E-state index in [-0.39, 0.29) is 5.91 Å². The summed E-state index contributed by atoms with van der Waals surface area (Å²) in [6.45, 7) is 8.37. The lowest BCUT2D eigenvalue weighted by atomic mass is 9.95. The van der Waals surface area contributed by atoms with Gasteiger partial charge in [-0.25, -0.2) is 4.98 Å². The molecular formula is C31H43N7O2. The number of nitrogens with zero attached hydrogens (tertiary/aromatic N) is 4. The van der Waals surface area contributed by atoms with Gasteiger partial charge in [0.2, 0.25) is 5.95 Å². The zero-order valence-electron chi connectivity index (χ0n) is 23.7. The highest BCUT2D eigenvalue weighted by molar-refractivity contribution is 5.91. The van der Waals surface area contributed by atoms with Gasteiger partial charge in [0.1, 0.15) is 5.82 Å². The molecule has 0 bridgehead atoms. The normalized spacial score (nSPS) is 16.3. The Morgan fingerprint density at radius 2 is 1.70 bits per heavy atom. The zero-order valence-corrected chi connectivity index (χ0v) is 23.7. The predicted octanol–water partition coefficient (Wildman–Crippen LogP) is 4.35. The number of nitrogens with one attached hydrogen (secondary N) is 3. The van der Waals surface area contributed by atoms with Crippen LogP contribution in [-0.2, 0) is 13.1 Å². The Morgan fingerprint density at radius 3 is 2.42 bits per heavy atom. The Labute approximate surface area is 237 Å². The molecule has 9 heteroatoms. The fourth-order valence-electron chi connectivity index (χ4n) is 5.50. The first-order chi connectivity index (χ1) is 19.6. The minimum Gasteiger partial charge on any atom is -0.459 e. The number of furan rings is 1. The van der Waals surface area contributed by atoms with Crippen LogP contribution >= 0.6 is 0 Å². The van der Waals surface area contributed by atoms with E-state index in [0.717, 1.165) is 56.7 Å². The molecule has 3 aromatic rings. The topological polar surface area (TPSA) is 98.6 Å². The fourth-order valence-corrected chi connectivity index (χ4v) is 5.50. The Morgan fingerprint density at radius 1 is 0.950 bits per heavy atom. The van der Waals surface area contributed by atoms with Crippen LogP contribution in [0.5, 0.6) is 0 Å². The number of benzene rings is 1. The second kappa shape index (κ2) is 14.3. The molecule has 1 saturated carbocycles. The molecule has 1 saturated heterocycles. The molecule has 3 heterocycles. The molecule has 3 N–H and O–H groups in total. The summed E-state index contributed by atoms with van der Waals surface area (Å²) in [4.78, 5) is 26.0. The zero-order chi connectivity index (χ0) is 27.6. The average Bonchev–Trinajstić information content (AvgIpc) is 3.54. The molecule has 1 aromatic carbocycles. The van der Waals surface area contributed by atoms with Crippen LogP contribution in [0, 0.1) is 6.92 Å². The summed E-state index contributed by atoms with van der Waals surface area (Å²) >= 11 is 0. The molecule has 0 spiro atoms. The molecule has 5 rings (SSSR count). The average molecular weight is 546 g/mol. The van der Waals surface area contributed by atoms with E-state index in [1.165, 1.54) is 49.5 Å². The van der Waals surface area contributed by atoms with Crippen LogP contribution in [0.3, 0.4) is 0 Å².